The van der Waals surface area contributed by atoms with Crippen molar-refractivity contribution < 1.29 is 4.39 Å². The standard InChI is InChI=1S/C15H19F/c1-12(2)15(9-4-3-5-10-15)13-7-6-8-14(16)11-13/h6-8,11H,1,3-5,9-10H2,2H3. The second-order valence-corrected chi connectivity index (χ2v) is 4.93. The molecule has 0 atom stereocenters. The van der Waals surface area contributed by atoms with Crippen LogP contribution in [0.4, 0.5) is 4.39 Å². The van der Waals surface area contributed by atoms with E-state index in [1.165, 1.54) is 30.9 Å². The van der Waals surface area contributed by atoms with Crippen LogP contribution in [-0.4, -0.2) is 0 Å². The van der Waals surface area contributed by atoms with E-state index in [1.54, 1.807) is 6.07 Å². The third kappa shape index (κ3) is 1.91. The highest BCUT2D eigenvalue weighted by atomic mass is 19.1. The number of hydrogen-bond acceptors (Lipinski definition) is 0. The van der Waals surface area contributed by atoms with E-state index in [9.17, 15) is 4.39 Å². The van der Waals surface area contributed by atoms with E-state index in [1.807, 2.05) is 12.1 Å². The Morgan fingerprint density at radius 1 is 1.25 bits per heavy atom. The van der Waals surface area contributed by atoms with Gasteiger partial charge in [-0.2, -0.15) is 0 Å². The van der Waals surface area contributed by atoms with Crippen molar-refractivity contribution in [3.8, 4) is 0 Å². The van der Waals surface area contributed by atoms with Crippen molar-refractivity contribution in [3.63, 3.8) is 0 Å². The van der Waals surface area contributed by atoms with Gasteiger partial charge in [-0.15, -0.1) is 0 Å². The van der Waals surface area contributed by atoms with Gasteiger partial charge in [0.25, 0.3) is 0 Å². The van der Waals surface area contributed by atoms with Crippen molar-refractivity contribution in [2.75, 3.05) is 0 Å². The van der Waals surface area contributed by atoms with Gasteiger partial charge in [-0.25, -0.2) is 4.39 Å². The number of benzene rings is 1. The van der Waals surface area contributed by atoms with Crippen LogP contribution in [-0.2, 0) is 5.41 Å². The number of rotatable bonds is 2. The largest absolute Gasteiger partial charge is 0.207 e. The fourth-order valence-corrected chi connectivity index (χ4v) is 2.90. The van der Waals surface area contributed by atoms with Crippen molar-refractivity contribution in [2.45, 2.75) is 44.4 Å². The van der Waals surface area contributed by atoms with Gasteiger partial charge < -0.3 is 0 Å². The zero-order chi connectivity index (χ0) is 11.6. The lowest BCUT2D eigenvalue weighted by atomic mass is 9.66. The Morgan fingerprint density at radius 2 is 1.94 bits per heavy atom. The van der Waals surface area contributed by atoms with Gasteiger partial charge in [0.15, 0.2) is 0 Å². The molecule has 2 rings (SSSR count). The molecule has 1 fully saturated rings. The van der Waals surface area contributed by atoms with Crippen molar-refractivity contribution in [1.29, 1.82) is 0 Å². The van der Waals surface area contributed by atoms with E-state index in [4.69, 9.17) is 0 Å². The van der Waals surface area contributed by atoms with Crippen molar-refractivity contribution in [2.24, 2.45) is 0 Å². The van der Waals surface area contributed by atoms with Crippen LogP contribution in [0.15, 0.2) is 36.4 Å². The highest BCUT2D eigenvalue weighted by Crippen LogP contribution is 2.44. The molecule has 0 N–H and O–H groups in total. The summed E-state index contributed by atoms with van der Waals surface area (Å²) in [4.78, 5) is 0. The Balaban J connectivity index is 2.42. The number of hydrogen-bond donors (Lipinski definition) is 0. The average Bonchev–Trinajstić information content (AvgIpc) is 2.30. The summed E-state index contributed by atoms with van der Waals surface area (Å²) in [7, 11) is 0. The Labute approximate surface area is 97.2 Å². The van der Waals surface area contributed by atoms with Crippen LogP contribution < -0.4 is 0 Å². The molecule has 1 aromatic rings. The van der Waals surface area contributed by atoms with Crippen LogP contribution in [0.5, 0.6) is 0 Å². The fourth-order valence-electron chi connectivity index (χ4n) is 2.90. The molecular weight excluding hydrogens is 199 g/mol. The van der Waals surface area contributed by atoms with Gasteiger partial charge in [0.05, 0.1) is 0 Å². The summed E-state index contributed by atoms with van der Waals surface area (Å²) >= 11 is 0. The molecule has 0 bridgehead atoms. The summed E-state index contributed by atoms with van der Waals surface area (Å²) in [5, 5.41) is 0. The molecule has 0 nitrogen and oxygen atoms in total. The molecule has 0 aromatic heterocycles. The lowest BCUT2D eigenvalue weighted by Crippen LogP contribution is -2.30. The Bertz CT molecular complexity index is 386. The first-order valence-electron chi connectivity index (χ1n) is 6.07. The van der Waals surface area contributed by atoms with Gasteiger partial charge in [0.1, 0.15) is 5.82 Å². The Hall–Kier alpha value is -1.11. The van der Waals surface area contributed by atoms with Crippen molar-refractivity contribution >= 4 is 0 Å². The van der Waals surface area contributed by atoms with Gasteiger partial charge in [-0.05, 0) is 37.5 Å². The van der Waals surface area contributed by atoms with E-state index in [0.717, 1.165) is 18.4 Å². The third-order valence-electron chi connectivity index (χ3n) is 3.90. The third-order valence-corrected chi connectivity index (χ3v) is 3.90. The van der Waals surface area contributed by atoms with Crippen LogP contribution in [0, 0.1) is 5.82 Å². The van der Waals surface area contributed by atoms with E-state index in [2.05, 4.69) is 13.5 Å². The zero-order valence-corrected chi connectivity index (χ0v) is 9.93. The topological polar surface area (TPSA) is 0 Å². The summed E-state index contributed by atoms with van der Waals surface area (Å²) in [6, 6.07) is 7.05. The minimum Gasteiger partial charge on any atom is -0.207 e. The predicted molar refractivity (Wildman–Crippen MR) is 66.0 cm³/mol. The lowest BCUT2D eigenvalue weighted by molar-refractivity contribution is 0.339. The molecule has 0 amide bonds. The summed E-state index contributed by atoms with van der Waals surface area (Å²) in [5.74, 6) is -0.135. The Morgan fingerprint density at radius 3 is 2.50 bits per heavy atom. The quantitative estimate of drug-likeness (QED) is 0.636. The van der Waals surface area contributed by atoms with Crippen LogP contribution in [0.1, 0.15) is 44.6 Å². The van der Waals surface area contributed by atoms with Crippen LogP contribution >= 0.6 is 0 Å². The molecule has 0 saturated heterocycles. The van der Waals surface area contributed by atoms with Crippen LogP contribution in [0.25, 0.3) is 0 Å². The molecule has 0 radical (unpaired) electrons. The Kier molecular flexibility index (Phi) is 3.13. The second-order valence-electron chi connectivity index (χ2n) is 4.93. The molecule has 1 saturated carbocycles. The molecule has 0 unspecified atom stereocenters. The molecule has 86 valence electrons. The van der Waals surface area contributed by atoms with Gasteiger partial charge in [-0.1, -0.05) is 43.5 Å². The SMILES string of the molecule is C=C(C)C1(c2cccc(F)c2)CCCCC1. The maximum atomic E-state index is 13.3. The van der Waals surface area contributed by atoms with Crippen LogP contribution in [0.2, 0.25) is 0 Å². The summed E-state index contributed by atoms with van der Waals surface area (Å²) in [6.07, 6.45) is 5.98. The molecule has 0 aliphatic heterocycles. The molecule has 16 heavy (non-hydrogen) atoms. The monoisotopic (exact) mass is 218 g/mol. The summed E-state index contributed by atoms with van der Waals surface area (Å²) in [6.45, 7) is 6.21. The first kappa shape index (κ1) is 11.4. The summed E-state index contributed by atoms with van der Waals surface area (Å²) in [5.41, 5.74) is 2.32. The normalized spacial score (nSPS) is 19.4. The maximum Gasteiger partial charge on any atom is 0.123 e. The van der Waals surface area contributed by atoms with Gasteiger partial charge in [-0.3, -0.25) is 0 Å². The van der Waals surface area contributed by atoms with Crippen molar-refractivity contribution in [3.05, 3.63) is 47.8 Å². The number of allylic oxidation sites excluding steroid dienone is 1. The van der Waals surface area contributed by atoms with E-state index in [0.29, 0.717) is 0 Å². The first-order valence-corrected chi connectivity index (χ1v) is 6.07. The molecule has 1 heteroatoms. The van der Waals surface area contributed by atoms with E-state index < -0.39 is 0 Å². The minimum atomic E-state index is -0.135. The number of halogens is 1. The van der Waals surface area contributed by atoms with Gasteiger partial charge in [0.2, 0.25) is 0 Å². The predicted octanol–water partition coefficient (Wildman–Crippen LogP) is 4.60. The van der Waals surface area contributed by atoms with Crippen LogP contribution in [0.3, 0.4) is 0 Å². The smallest absolute Gasteiger partial charge is 0.123 e. The second kappa shape index (κ2) is 4.40. The zero-order valence-electron chi connectivity index (χ0n) is 9.93. The average molecular weight is 218 g/mol. The molecule has 1 aliphatic carbocycles. The minimum absolute atomic E-state index is 0.0281. The van der Waals surface area contributed by atoms with Gasteiger partial charge in [0, 0.05) is 5.41 Å². The fraction of sp³-hybridized carbons (Fsp3) is 0.467. The highest BCUT2D eigenvalue weighted by molar-refractivity contribution is 5.35. The first-order chi connectivity index (χ1) is 7.65. The van der Waals surface area contributed by atoms with E-state index >= 15 is 0 Å². The molecular formula is C15H19F. The van der Waals surface area contributed by atoms with Crippen molar-refractivity contribution in [1.82, 2.24) is 0 Å². The molecule has 1 aliphatic rings. The molecule has 0 heterocycles. The highest BCUT2D eigenvalue weighted by Gasteiger charge is 2.34. The lowest BCUT2D eigenvalue weighted by Gasteiger charge is -2.38. The van der Waals surface area contributed by atoms with Gasteiger partial charge >= 0.3 is 0 Å². The molecule has 1 aromatic carbocycles. The maximum absolute atomic E-state index is 13.3. The molecule has 0 spiro atoms. The van der Waals surface area contributed by atoms with E-state index in [-0.39, 0.29) is 11.2 Å². The summed E-state index contributed by atoms with van der Waals surface area (Å²) < 4.78 is 13.3.